The van der Waals surface area contributed by atoms with Crippen LogP contribution in [0.4, 0.5) is 6.01 Å². The van der Waals surface area contributed by atoms with Crippen molar-refractivity contribution in [3.05, 3.63) is 53.9 Å². The predicted octanol–water partition coefficient (Wildman–Crippen LogP) is 3.16. The van der Waals surface area contributed by atoms with Gasteiger partial charge in [-0.3, -0.25) is 9.78 Å². The Morgan fingerprint density at radius 1 is 1.19 bits per heavy atom. The molecule has 5 heterocycles. The number of piperidine rings is 1. The number of nitrogens with zero attached hydrogens (tertiary/aromatic N) is 4. The van der Waals surface area contributed by atoms with Gasteiger partial charge in [-0.05, 0) is 49.6 Å². The standard InChI is InChI=1S/C21H22N4O2/c1-14-5-8-19-18(10-14)23-21(27-19)24-11-15-6-7-17(13-24)25(20(15)26)12-16-4-2-3-9-22-16/h2-5,8-10,15,17H,6-7,11-13H2,1H3/t15-,17+/m0/s1. The van der Waals surface area contributed by atoms with Gasteiger partial charge in [0.15, 0.2) is 5.58 Å². The van der Waals surface area contributed by atoms with Crippen molar-refractivity contribution in [1.29, 1.82) is 0 Å². The minimum Gasteiger partial charge on any atom is -0.423 e. The van der Waals surface area contributed by atoms with Crippen LogP contribution in [-0.4, -0.2) is 39.9 Å². The van der Waals surface area contributed by atoms with Crippen LogP contribution in [0.1, 0.15) is 24.1 Å². The number of fused-ring (bicyclic) bond motifs is 5. The molecule has 6 rings (SSSR count). The molecule has 2 atom stereocenters. The van der Waals surface area contributed by atoms with Crippen LogP contribution in [0.15, 0.2) is 47.0 Å². The van der Waals surface area contributed by atoms with E-state index in [1.807, 2.05) is 48.2 Å². The molecular formula is C21H22N4O2. The van der Waals surface area contributed by atoms with Gasteiger partial charge in [-0.15, -0.1) is 0 Å². The number of benzene rings is 1. The summed E-state index contributed by atoms with van der Waals surface area (Å²) in [6.45, 7) is 4.04. The summed E-state index contributed by atoms with van der Waals surface area (Å²) >= 11 is 0. The van der Waals surface area contributed by atoms with E-state index in [-0.39, 0.29) is 17.9 Å². The molecule has 1 aromatic carbocycles. The third-order valence-corrected chi connectivity index (χ3v) is 5.65. The fraction of sp³-hybridized carbons (Fsp3) is 0.381. The minimum absolute atomic E-state index is 0.00999. The van der Waals surface area contributed by atoms with E-state index >= 15 is 0 Å². The van der Waals surface area contributed by atoms with Crippen molar-refractivity contribution in [2.45, 2.75) is 32.4 Å². The smallest absolute Gasteiger partial charge is 0.298 e. The van der Waals surface area contributed by atoms with Gasteiger partial charge in [0.05, 0.1) is 18.2 Å². The summed E-state index contributed by atoms with van der Waals surface area (Å²) in [4.78, 5) is 26.3. The van der Waals surface area contributed by atoms with Gasteiger partial charge in [0.25, 0.3) is 6.01 Å². The first-order valence-electron chi connectivity index (χ1n) is 9.50. The number of pyridine rings is 1. The molecule has 138 valence electrons. The largest absolute Gasteiger partial charge is 0.423 e. The number of hydrogen-bond acceptors (Lipinski definition) is 5. The van der Waals surface area contributed by atoms with E-state index in [9.17, 15) is 4.79 Å². The zero-order valence-corrected chi connectivity index (χ0v) is 15.3. The number of anilines is 1. The van der Waals surface area contributed by atoms with Crippen molar-refractivity contribution in [2.24, 2.45) is 5.92 Å². The van der Waals surface area contributed by atoms with Crippen molar-refractivity contribution in [3.63, 3.8) is 0 Å². The summed E-state index contributed by atoms with van der Waals surface area (Å²) in [7, 11) is 0. The van der Waals surface area contributed by atoms with Crippen LogP contribution in [0.2, 0.25) is 0 Å². The second-order valence-electron chi connectivity index (χ2n) is 7.59. The highest BCUT2D eigenvalue weighted by Crippen LogP contribution is 2.33. The maximum atomic E-state index is 13.0. The van der Waals surface area contributed by atoms with Crippen molar-refractivity contribution < 1.29 is 9.21 Å². The average molecular weight is 362 g/mol. The van der Waals surface area contributed by atoms with Gasteiger partial charge in [-0.25, -0.2) is 0 Å². The lowest BCUT2D eigenvalue weighted by atomic mass is 9.94. The molecule has 0 aliphatic carbocycles. The maximum absolute atomic E-state index is 13.0. The van der Waals surface area contributed by atoms with E-state index in [0.717, 1.165) is 41.7 Å². The molecule has 27 heavy (non-hydrogen) atoms. The molecule has 0 spiro atoms. The van der Waals surface area contributed by atoms with E-state index in [0.29, 0.717) is 19.1 Å². The Morgan fingerprint density at radius 2 is 2.11 bits per heavy atom. The average Bonchev–Trinajstić information content (AvgIpc) is 2.90. The van der Waals surface area contributed by atoms with Crippen LogP contribution < -0.4 is 4.90 Å². The minimum atomic E-state index is -0.00999. The molecule has 3 saturated heterocycles. The third kappa shape index (κ3) is 2.95. The molecular weight excluding hydrogens is 340 g/mol. The summed E-state index contributed by atoms with van der Waals surface area (Å²) < 4.78 is 6.00. The molecule has 0 N–H and O–H groups in total. The van der Waals surface area contributed by atoms with E-state index < -0.39 is 0 Å². The number of aromatic nitrogens is 2. The lowest BCUT2D eigenvalue weighted by molar-refractivity contribution is -0.140. The van der Waals surface area contributed by atoms with Crippen molar-refractivity contribution in [2.75, 3.05) is 18.0 Å². The fourth-order valence-corrected chi connectivity index (χ4v) is 4.23. The number of aryl methyl sites for hydroxylation is 1. The Kier molecular flexibility index (Phi) is 3.85. The zero-order chi connectivity index (χ0) is 18.4. The first kappa shape index (κ1) is 16.3. The van der Waals surface area contributed by atoms with Gasteiger partial charge in [0, 0.05) is 25.3 Å². The topological polar surface area (TPSA) is 62.5 Å². The number of rotatable bonds is 3. The maximum Gasteiger partial charge on any atom is 0.298 e. The molecule has 6 nitrogen and oxygen atoms in total. The quantitative estimate of drug-likeness (QED) is 0.716. The molecule has 3 aromatic rings. The molecule has 3 aliphatic rings. The molecule has 0 radical (unpaired) electrons. The van der Waals surface area contributed by atoms with Gasteiger partial charge in [-0.1, -0.05) is 12.1 Å². The molecule has 3 aliphatic heterocycles. The van der Waals surface area contributed by atoms with Gasteiger partial charge in [0.2, 0.25) is 5.91 Å². The van der Waals surface area contributed by atoms with Crippen LogP contribution in [-0.2, 0) is 11.3 Å². The van der Waals surface area contributed by atoms with Crippen molar-refractivity contribution in [1.82, 2.24) is 14.9 Å². The highest BCUT2D eigenvalue weighted by atomic mass is 16.4. The van der Waals surface area contributed by atoms with E-state index in [1.54, 1.807) is 6.20 Å². The number of carbonyl (C=O) groups is 1. The van der Waals surface area contributed by atoms with E-state index in [4.69, 9.17) is 4.42 Å². The summed E-state index contributed by atoms with van der Waals surface area (Å²) in [6, 6.07) is 12.7. The molecule has 1 amide bonds. The Hall–Kier alpha value is -2.89. The first-order valence-corrected chi connectivity index (χ1v) is 9.50. The number of amides is 1. The van der Waals surface area contributed by atoms with Crippen molar-refractivity contribution in [3.8, 4) is 0 Å². The molecule has 0 saturated carbocycles. The Balaban J connectivity index is 1.43. The third-order valence-electron chi connectivity index (χ3n) is 5.65. The molecule has 2 bridgehead atoms. The number of carbonyl (C=O) groups excluding carboxylic acids is 1. The van der Waals surface area contributed by atoms with Crippen LogP contribution in [0.25, 0.3) is 11.1 Å². The summed E-state index contributed by atoms with van der Waals surface area (Å²) in [5, 5.41) is 0. The van der Waals surface area contributed by atoms with E-state index in [1.165, 1.54) is 0 Å². The van der Waals surface area contributed by atoms with Crippen LogP contribution >= 0.6 is 0 Å². The molecule has 0 unspecified atom stereocenters. The van der Waals surface area contributed by atoms with Crippen LogP contribution in [0.5, 0.6) is 0 Å². The van der Waals surface area contributed by atoms with Gasteiger partial charge in [-0.2, -0.15) is 4.98 Å². The summed E-state index contributed by atoms with van der Waals surface area (Å²) in [5.74, 6) is 0.218. The predicted molar refractivity (Wildman–Crippen MR) is 102 cm³/mol. The SMILES string of the molecule is Cc1ccc2oc(N3C[C@@H]4CC[C@H](C3)N(Cc3ccccn3)C4=O)nc2c1. The Bertz CT molecular complexity index is 984. The zero-order valence-electron chi connectivity index (χ0n) is 15.3. The van der Waals surface area contributed by atoms with Crippen molar-refractivity contribution >= 4 is 23.0 Å². The Labute approximate surface area is 157 Å². The van der Waals surface area contributed by atoms with Crippen LogP contribution in [0, 0.1) is 12.8 Å². The van der Waals surface area contributed by atoms with E-state index in [2.05, 4.69) is 14.9 Å². The molecule has 6 heteroatoms. The second kappa shape index (κ2) is 6.37. The monoisotopic (exact) mass is 362 g/mol. The lowest BCUT2D eigenvalue weighted by Crippen LogP contribution is -2.47. The van der Waals surface area contributed by atoms with Gasteiger partial charge in [0.1, 0.15) is 5.52 Å². The Morgan fingerprint density at radius 3 is 2.96 bits per heavy atom. The highest BCUT2D eigenvalue weighted by molar-refractivity contribution is 5.81. The van der Waals surface area contributed by atoms with Crippen LogP contribution in [0.3, 0.4) is 0 Å². The number of oxazole rings is 1. The van der Waals surface area contributed by atoms with Gasteiger partial charge >= 0.3 is 0 Å². The van der Waals surface area contributed by atoms with Gasteiger partial charge < -0.3 is 14.2 Å². The lowest BCUT2D eigenvalue weighted by Gasteiger charge is -2.35. The fourth-order valence-electron chi connectivity index (χ4n) is 4.23. The summed E-state index contributed by atoms with van der Waals surface area (Å²) in [6.07, 6.45) is 3.72. The normalized spacial score (nSPS) is 22.5. The molecule has 2 aromatic heterocycles. The first-order chi connectivity index (χ1) is 13.2. The molecule has 3 fully saturated rings. The number of hydrogen-bond donors (Lipinski definition) is 0. The highest BCUT2D eigenvalue weighted by Gasteiger charge is 2.41. The summed E-state index contributed by atoms with van der Waals surface area (Å²) in [5.41, 5.74) is 3.76. The second-order valence-corrected chi connectivity index (χ2v) is 7.59.